The summed E-state index contributed by atoms with van der Waals surface area (Å²) in [5, 5.41) is 5.96. The summed E-state index contributed by atoms with van der Waals surface area (Å²) in [5.41, 5.74) is 2.05. The quantitative estimate of drug-likeness (QED) is 0.670. The Kier molecular flexibility index (Phi) is 5.10. The van der Waals surface area contributed by atoms with Crippen molar-refractivity contribution >= 4 is 29.5 Å². The van der Waals surface area contributed by atoms with E-state index in [9.17, 15) is 14.4 Å². The minimum absolute atomic E-state index is 0.0853. The summed E-state index contributed by atoms with van der Waals surface area (Å²) in [6.45, 7) is 0.0657. The average molecular weight is 456 g/mol. The Hall–Kier alpha value is -3.72. The Morgan fingerprint density at radius 3 is 2.78 bits per heavy atom. The van der Waals surface area contributed by atoms with E-state index in [1.165, 1.54) is 4.90 Å². The fourth-order valence-corrected chi connectivity index (χ4v) is 4.12. The summed E-state index contributed by atoms with van der Waals surface area (Å²) >= 11 is 6.28. The molecule has 3 aliphatic heterocycles. The monoisotopic (exact) mass is 455 g/mol. The number of cyclic esters (lactones) is 1. The lowest BCUT2D eigenvalue weighted by Crippen LogP contribution is -2.50. The maximum Gasteiger partial charge on any atom is 0.338 e. The van der Waals surface area contributed by atoms with Gasteiger partial charge in [-0.15, -0.1) is 0 Å². The first-order valence-electron chi connectivity index (χ1n) is 9.89. The second-order valence-corrected chi connectivity index (χ2v) is 7.80. The molecule has 2 N–H and O–H groups in total. The van der Waals surface area contributed by atoms with E-state index in [-0.39, 0.29) is 38.0 Å². The topological polar surface area (TPSA) is 106 Å². The van der Waals surface area contributed by atoms with Crippen LogP contribution in [0.25, 0.3) is 0 Å². The molecule has 0 fully saturated rings. The van der Waals surface area contributed by atoms with E-state index in [4.69, 9.17) is 25.8 Å². The van der Waals surface area contributed by atoms with Crippen LogP contribution >= 0.6 is 11.6 Å². The fraction of sp³-hybridized carbons (Fsp3) is 0.227. The van der Waals surface area contributed by atoms with Gasteiger partial charge in [-0.25, -0.2) is 9.59 Å². The van der Waals surface area contributed by atoms with E-state index in [1.54, 1.807) is 36.4 Å². The highest BCUT2D eigenvalue weighted by Gasteiger charge is 2.43. The zero-order valence-corrected chi connectivity index (χ0v) is 17.5. The van der Waals surface area contributed by atoms with Gasteiger partial charge in [0.1, 0.15) is 13.2 Å². The number of nitrogens with zero attached hydrogens (tertiary/aromatic N) is 1. The molecule has 5 rings (SSSR count). The first-order chi connectivity index (χ1) is 15.5. The second-order valence-electron chi connectivity index (χ2n) is 7.39. The van der Waals surface area contributed by atoms with Crippen LogP contribution in [0.2, 0.25) is 5.02 Å². The highest BCUT2D eigenvalue weighted by molar-refractivity contribution is 6.31. The number of rotatable bonds is 5. The van der Waals surface area contributed by atoms with E-state index in [0.717, 1.165) is 5.56 Å². The van der Waals surface area contributed by atoms with Crippen LogP contribution in [0, 0.1) is 0 Å². The van der Waals surface area contributed by atoms with Crippen LogP contribution in [-0.4, -0.2) is 42.8 Å². The van der Waals surface area contributed by atoms with Gasteiger partial charge in [-0.1, -0.05) is 35.9 Å². The summed E-state index contributed by atoms with van der Waals surface area (Å²) in [6.07, 6.45) is 0. The summed E-state index contributed by atoms with van der Waals surface area (Å²) in [6, 6.07) is 11.1. The minimum atomic E-state index is -0.742. The molecule has 0 aromatic heterocycles. The van der Waals surface area contributed by atoms with E-state index in [2.05, 4.69) is 10.6 Å². The molecule has 0 aliphatic carbocycles. The molecule has 0 saturated carbocycles. The van der Waals surface area contributed by atoms with Crippen molar-refractivity contribution in [2.45, 2.75) is 12.6 Å². The van der Waals surface area contributed by atoms with Gasteiger partial charge in [0.05, 0.1) is 17.3 Å². The number of fused-ring (bicyclic) bond motifs is 1. The Morgan fingerprint density at radius 2 is 1.94 bits per heavy atom. The Balaban J connectivity index is 1.32. The molecule has 32 heavy (non-hydrogen) atoms. The zero-order chi connectivity index (χ0) is 22.2. The van der Waals surface area contributed by atoms with Crippen LogP contribution in [0.15, 0.2) is 53.7 Å². The lowest BCUT2D eigenvalue weighted by molar-refractivity contribution is -0.136. The number of halogens is 1. The number of esters is 1. The smallest absolute Gasteiger partial charge is 0.338 e. The summed E-state index contributed by atoms with van der Waals surface area (Å²) in [5.74, 6) is 0.341. The molecule has 0 spiro atoms. The third kappa shape index (κ3) is 3.60. The molecule has 0 saturated heterocycles. The number of hydrogen-bond donors (Lipinski definition) is 2. The van der Waals surface area contributed by atoms with Crippen molar-refractivity contribution in [3.63, 3.8) is 0 Å². The Bertz CT molecular complexity index is 1160. The number of carbonyl (C=O) groups is 3. The molecule has 10 heteroatoms. The van der Waals surface area contributed by atoms with Crippen molar-refractivity contribution in [2.75, 3.05) is 19.9 Å². The van der Waals surface area contributed by atoms with Gasteiger partial charge in [0.25, 0.3) is 0 Å². The van der Waals surface area contributed by atoms with Gasteiger partial charge in [-0.2, -0.15) is 0 Å². The summed E-state index contributed by atoms with van der Waals surface area (Å²) in [7, 11) is 0. The lowest BCUT2D eigenvalue weighted by atomic mass is 9.95. The van der Waals surface area contributed by atoms with Crippen molar-refractivity contribution in [2.24, 2.45) is 0 Å². The molecule has 1 atom stereocenters. The number of ether oxygens (including phenoxy) is 3. The number of amides is 3. The molecule has 0 bridgehead atoms. The first-order valence-corrected chi connectivity index (χ1v) is 10.3. The van der Waals surface area contributed by atoms with Gasteiger partial charge in [0, 0.05) is 11.6 Å². The molecule has 2 aromatic carbocycles. The SMILES string of the molecule is O=C(CN1C(=O)N[C@H](c2ccccc2Cl)C2=C1COC2=O)NCc1ccc2c(c1)OCO2. The predicted octanol–water partition coefficient (Wildman–Crippen LogP) is 2.26. The number of urea groups is 1. The number of nitrogens with one attached hydrogen (secondary N) is 2. The van der Waals surface area contributed by atoms with Crippen molar-refractivity contribution in [1.29, 1.82) is 0 Å². The van der Waals surface area contributed by atoms with Gasteiger partial charge in [-0.3, -0.25) is 9.69 Å². The normalized spacial score (nSPS) is 18.9. The maximum absolute atomic E-state index is 12.8. The van der Waals surface area contributed by atoms with Crippen LogP contribution < -0.4 is 20.1 Å². The highest BCUT2D eigenvalue weighted by atomic mass is 35.5. The minimum Gasteiger partial charge on any atom is -0.456 e. The number of hydrogen-bond acceptors (Lipinski definition) is 6. The Morgan fingerprint density at radius 1 is 1.12 bits per heavy atom. The molecule has 3 heterocycles. The number of benzene rings is 2. The van der Waals surface area contributed by atoms with E-state index in [0.29, 0.717) is 27.8 Å². The van der Waals surface area contributed by atoms with E-state index in [1.807, 2.05) is 6.07 Å². The van der Waals surface area contributed by atoms with Crippen molar-refractivity contribution in [3.05, 3.63) is 69.9 Å². The third-order valence-electron chi connectivity index (χ3n) is 5.44. The summed E-state index contributed by atoms with van der Waals surface area (Å²) < 4.78 is 15.8. The van der Waals surface area contributed by atoms with Crippen molar-refractivity contribution < 1.29 is 28.6 Å². The van der Waals surface area contributed by atoms with Gasteiger partial charge in [-0.05, 0) is 29.3 Å². The average Bonchev–Trinajstić information content (AvgIpc) is 3.41. The van der Waals surface area contributed by atoms with Gasteiger partial charge < -0.3 is 24.8 Å². The van der Waals surface area contributed by atoms with Crippen molar-refractivity contribution in [3.8, 4) is 11.5 Å². The molecule has 0 radical (unpaired) electrons. The van der Waals surface area contributed by atoms with Crippen LogP contribution in [0.4, 0.5) is 4.79 Å². The van der Waals surface area contributed by atoms with E-state index >= 15 is 0 Å². The van der Waals surface area contributed by atoms with Crippen LogP contribution in [0.3, 0.4) is 0 Å². The van der Waals surface area contributed by atoms with Crippen molar-refractivity contribution in [1.82, 2.24) is 15.5 Å². The van der Waals surface area contributed by atoms with Gasteiger partial charge in [0.2, 0.25) is 12.7 Å². The van der Waals surface area contributed by atoms with Gasteiger partial charge >= 0.3 is 12.0 Å². The third-order valence-corrected chi connectivity index (χ3v) is 5.79. The zero-order valence-electron chi connectivity index (χ0n) is 16.7. The second kappa shape index (κ2) is 8.08. The molecule has 3 amide bonds. The van der Waals surface area contributed by atoms with Crippen LogP contribution in [0.1, 0.15) is 17.2 Å². The fourth-order valence-electron chi connectivity index (χ4n) is 3.87. The maximum atomic E-state index is 12.8. The molecule has 164 valence electrons. The van der Waals surface area contributed by atoms with Crippen LogP contribution in [-0.2, 0) is 20.9 Å². The molecule has 9 nitrogen and oxygen atoms in total. The predicted molar refractivity (Wildman–Crippen MR) is 112 cm³/mol. The molecular weight excluding hydrogens is 438 g/mol. The van der Waals surface area contributed by atoms with E-state index < -0.39 is 18.0 Å². The summed E-state index contributed by atoms with van der Waals surface area (Å²) in [4.78, 5) is 39.1. The van der Waals surface area contributed by atoms with Crippen LogP contribution in [0.5, 0.6) is 11.5 Å². The molecule has 0 unspecified atom stereocenters. The van der Waals surface area contributed by atoms with Gasteiger partial charge in [0.15, 0.2) is 11.5 Å². The Labute approximate surface area is 187 Å². The number of carbonyl (C=O) groups excluding carboxylic acids is 3. The molecule has 3 aliphatic rings. The highest BCUT2D eigenvalue weighted by Crippen LogP contribution is 2.37. The largest absolute Gasteiger partial charge is 0.456 e. The first kappa shape index (κ1) is 20.2. The molecule has 2 aromatic rings. The standard InChI is InChI=1S/C22H18ClN3O6/c23-14-4-2-1-3-13(14)20-19-15(10-30-21(19)28)26(22(29)25-20)9-18(27)24-8-12-5-6-16-17(7-12)32-11-31-16/h1-7,20H,8-11H2,(H,24,27)(H,25,29)/t20-/m1/s1. The lowest BCUT2D eigenvalue weighted by Gasteiger charge is -2.32. The molecular formula is C22H18ClN3O6.